The van der Waals surface area contributed by atoms with E-state index in [1.165, 1.54) is 11.3 Å². The molecule has 0 aromatic carbocycles. The molecular formula is C18H14FN5OS. The van der Waals surface area contributed by atoms with Crippen LogP contribution in [0, 0.1) is 26.6 Å². The van der Waals surface area contributed by atoms with E-state index in [0.717, 1.165) is 11.3 Å². The van der Waals surface area contributed by atoms with Gasteiger partial charge in [0.25, 0.3) is 5.89 Å². The molecule has 130 valence electrons. The summed E-state index contributed by atoms with van der Waals surface area (Å²) in [6, 6.07) is 3.44. The third-order valence-corrected chi connectivity index (χ3v) is 4.86. The quantitative estimate of drug-likeness (QED) is 0.535. The minimum atomic E-state index is -0.389. The van der Waals surface area contributed by atoms with Gasteiger partial charge < -0.3 is 4.52 Å². The zero-order valence-electron chi connectivity index (χ0n) is 14.3. The fourth-order valence-corrected chi connectivity index (χ4v) is 3.30. The second-order valence-corrected chi connectivity index (χ2v) is 6.72. The maximum absolute atomic E-state index is 14.7. The summed E-state index contributed by atoms with van der Waals surface area (Å²) in [5.41, 5.74) is 3.58. The van der Waals surface area contributed by atoms with E-state index in [0.29, 0.717) is 27.7 Å². The van der Waals surface area contributed by atoms with E-state index in [1.807, 2.05) is 25.3 Å². The summed E-state index contributed by atoms with van der Waals surface area (Å²) in [7, 11) is 0. The number of pyridine rings is 2. The molecule has 0 unspecified atom stereocenters. The molecule has 4 aromatic rings. The molecule has 8 heteroatoms. The van der Waals surface area contributed by atoms with Crippen molar-refractivity contribution in [1.82, 2.24) is 25.1 Å². The number of hydrogen-bond donors (Lipinski definition) is 0. The molecule has 0 radical (unpaired) electrons. The van der Waals surface area contributed by atoms with Crippen LogP contribution in [0.3, 0.4) is 0 Å². The van der Waals surface area contributed by atoms with Crippen LogP contribution in [-0.2, 0) is 0 Å². The fraction of sp³-hybridized carbons (Fsp3) is 0.167. The second kappa shape index (κ2) is 6.38. The molecule has 0 aliphatic heterocycles. The van der Waals surface area contributed by atoms with Gasteiger partial charge in [0.15, 0.2) is 10.8 Å². The lowest BCUT2D eigenvalue weighted by Gasteiger charge is -2.09. The van der Waals surface area contributed by atoms with Crippen LogP contribution in [0.1, 0.15) is 17.0 Å². The summed E-state index contributed by atoms with van der Waals surface area (Å²) >= 11 is 1.43. The van der Waals surface area contributed by atoms with E-state index >= 15 is 0 Å². The van der Waals surface area contributed by atoms with E-state index in [4.69, 9.17) is 4.52 Å². The van der Waals surface area contributed by atoms with Gasteiger partial charge in [-0.05, 0) is 38.5 Å². The zero-order valence-corrected chi connectivity index (χ0v) is 15.1. The first-order valence-corrected chi connectivity index (χ1v) is 8.75. The van der Waals surface area contributed by atoms with Crippen LogP contribution >= 0.6 is 11.3 Å². The molecule has 6 nitrogen and oxygen atoms in total. The summed E-state index contributed by atoms with van der Waals surface area (Å²) in [4.78, 5) is 17.1. The van der Waals surface area contributed by atoms with Crippen LogP contribution in [-0.4, -0.2) is 25.1 Å². The molecule has 26 heavy (non-hydrogen) atoms. The van der Waals surface area contributed by atoms with Gasteiger partial charge in [0.2, 0.25) is 5.82 Å². The van der Waals surface area contributed by atoms with Crippen molar-refractivity contribution in [3.05, 3.63) is 52.7 Å². The van der Waals surface area contributed by atoms with Crippen LogP contribution in [0.15, 0.2) is 34.4 Å². The highest BCUT2D eigenvalue weighted by Crippen LogP contribution is 2.31. The van der Waals surface area contributed by atoms with Crippen molar-refractivity contribution in [2.75, 3.05) is 0 Å². The first-order chi connectivity index (χ1) is 12.5. The van der Waals surface area contributed by atoms with E-state index < -0.39 is 0 Å². The van der Waals surface area contributed by atoms with Gasteiger partial charge >= 0.3 is 0 Å². The van der Waals surface area contributed by atoms with Gasteiger partial charge in [-0.1, -0.05) is 5.16 Å². The predicted molar refractivity (Wildman–Crippen MR) is 96.0 cm³/mol. The molecule has 0 fully saturated rings. The topological polar surface area (TPSA) is 77.6 Å². The molecule has 0 saturated carbocycles. The predicted octanol–water partition coefficient (Wildman–Crippen LogP) is 4.38. The SMILES string of the molecule is Cc1csc(-c2noc(-c3cc(-c4cnccc4C)c(F)c(C)n3)n2)n1. The average Bonchev–Trinajstić information content (AvgIpc) is 3.27. The normalized spacial score (nSPS) is 11.1. The minimum Gasteiger partial charge on any atom is -0.332 e. The first kappa shape index (κ1) is 16.5. The lowest BCUT2D eigenvalue weighted by Crippen LogP contribution is -1.97. The molecule has 0 N–H and O–H groups in total. The van der Waals surface area contributed by atoms with Gasteiger partial charge in [-0.3, -0.25) is 4.98 Å². The highest BCUT2D eigenvalue weighted by atomic mass is 32.1. The average molecular weight is 367 g/mol. The van der Waals surface area contributed by atoms with Gasteiger partial charge in [-0.25, -0.2) is 14.4 Å². The number of halogens is 1. The third kappa shape index (κ3) is 2.88. The van der Waals surface area contributed by atoms with Crippen molar-refractivity contribution < 1.29 is 8.91 Å². The molecule has 0 atom stereocenters. The van der Waals surface area contributed by atoms with Crippen molar-refractivity contribution in [1.29, 1.82) is 0 Å². The Hall–Kier alpha value is -3.00. The Balaban J connectivity index is 1.81. The number of thiazole rings is 1. The zero-order chi connectivity index (χ0) is 18.3. The van der Waals surface area contributed by atoms with E-state index in [2.05, 4.69) is 25.1 Å². The number of aromatic nitrogens is 5. The van der Waals surface area contributed by atoms with Crippen molar-refractivity contribution in [2.24, 2.45) is 0 Å². The van der Waals surface area contributed by atoms with Gasteiger partial charge in [0.1, 0.15) is 5.69 Å². The minimum absolute atomic E-state index is 0.221. The Morgan fingerprint density at radius 3 is 2.65 bits per heavy atom. The molecule has 0 saturated heterocycles. The number of rotatable bonds is 3. The highest BCUT2D eigenvalue weighted by molar-refractivity contribution is 7.13. The Morgan fingerprint density at radius 2 is 1.92 bits per heavy atom. The molecule has 0 spiro atoms. The number of nitrogens with zero attached hydrogens (tertiary/aromatic N) is 5. The van der Waals surface area contributed by atoms with E-state index in [1.54, 1.807) is 25.4 Å². The molecule has 4 rings (SSSR count). The Morgan fingerprint density at radius 1 is 1.08 bits per heavy atom. The maximum atomic E-state index is 14.7. The lowest BCUT2D eigenvalue weighted by atomic mass is 10.0. The Bertz CT molecular complexity index is 1100. The summed E-state index contributed by atoms with van der Waals surface area (Å²) in [6.07, 6.45) is 3.31. The summed E-state index contributed by atoms with van der Waals surface area (Å²) in [6.45, 7) is 5.41. The van der Waals surface area contributed by atoms with Crippen molar-refractivity contribution in [3.8, 4) is 33.5 Å². The number of aryl methyl sites for hydroxylation is 3. The summed E-state index contributed by atoms with van der Waals surface area (Å²) in [5, 5.41) is 6.54. The molecule has 0 amide bonds. The van der Waals surface area contributed by atoms with Crippen LogP contribution in [0.4, 0.5) is 4.39 Å². The van der Waals surface area contributed by atoms with Gasteiger partial charge in [0, 0.05) is 34.6 Å². The van der Waals surface area contributed by atoms with Crippen LogP contribution in [0.2, 0.25) is 0 Å². The van der Waals surface area contributed by atoms with Crippen LogP contribution in [0.25, 0.3) is 33.5 Å². The Labute approximate surface area is 152 Å². The summed E-state index contributed by atoms with van der Waals surface area (Å²) < 4.78 is 20.0. The monoisotopic (exact) mass is 367 g/mol. The maximum Gasteiger partial charge on any atom is 0.276 e. The van der Waals surface area contributed by atoms with E-state index in [9.17, 15) is 4.39 Å². The standard InChI is InChI=1S/C18H14FN5OS/c1-9-4-5-20-7-13(9)12-6-14(22-11(3)15(12)19)17-23-16(24-25-17)18-21-10(2)8-26-18/h4-8H,1-3H3. The molecule has 0 aliphatic rings. The van der Waals surface area contributed by atoms with Gasteiger partial charge in [0.05, 0.1) is 5.69 Å². The molecule has 4 heterocycles. The molecule has 4 aromatic heterocycles. The molecular weight excluding hydrogens is 353 g/mol. The first-order valence-electron chi connectivity index (χ1n) is 7.87. The van der Waals surface area contributed by atoms with E-state index in [-0.39, 0.29) is 17.4 Å². The summed E-state index contributed by atoms with van der Waals surface area (Å²) in [5.74, 6) is 0.222. The van der Waals surface area contributed by atoms with Gasteiger partial charge in [-0.2, -0.15) is 4.98 Å². The molecule has 0 aliphatic carbocycles. The van der Waals surface area contributed by atoms with Crippen molar-refractivity contribution >= 4 is 11.3 Å². The smallest absolute Gasteiger partial charge is 0.276 e. The van der Waals surface area contributed by atoms with Gasteiger partial charge in [-0.15, -0.1) is 11.3 Å². The third-order valence-electron chi connectivity index (χ3n) is 3.91. The van der Waals surface area contributed by atoms with Crippen LogP contribution < -0.4 is 0 Å². The fourth-order valence-electron chi connectivity index (χ4n) is 2.58. The lowest BCUT2D eigenvalue weighted by molar-refractivity contribution is 0.430. The second-order valence-electron chi connectivity index (χ2n) is 5.86. The highest BCUT2D eigenvalue weighted by Gasteiger charge is 2.19. The molecule has 0 bridgehead atoms. The van der Waals surface area contributed by atoms with Crippen molar-refractivity contribution in [3.63, 3.8) is 0 Å². The Kier molecular flexibility index (Phi) is 4.04. The van der Waals surface area contributed by atoms with Crippen molar-refractivity contribution in [2.45, 2.75) is 20.8 Å². The number of hydrogen-bond acceptors (Lipinski definition) is 7. The van der Waals surface area contributed by atoms with Crippen LogP contribution in [0.5, 0.6) is 0 Å². The largest absolute Gasteiger partial charge is 0.332 e.